The van der Waals surface area contributed by atoms with Gasteiger partial charge in [-0.2, -0.15) is 0 Å². The van der Waals surface area contributed by atoms with Gasteiger partial charge in [0.25, 0.3) is 5.56 Å². The molecule has 32 heavy (non-hydrogen) atoms. The maximum absolute atomic E-state index is 13.2. The van der Waals surface area contributed by atoms with E-state index in [1.165, 1.54) is 4.57 Å². The molecule has 0 saturated carbocycles. The first-order valence-electron chi connectivity index (χ1n) is 11.2. The van der Waals surface area contributed by atoms with Crippen molar-refractivity contribution in [1.82, 2.24) is 29.0 Å². The molecule has 3 aromatic heterocycles. The van der Waals surface area contributed by atoms with E-state index in [9.17, 15) is 14.4 Å². The molecule has 1 aliphatic heterocycles. The van der Waals surface area contributed by atoms with Crippen molar-refractivity contribution in [2.45, 2.75) is 52.6 Å². The van der Waals surface area contributed by atoms with Gasteiger partial charge in [0.1, 0.15) is 17.2 Å². The highest BCUT2D eigenvalue weighted by Gasteiger charge is 2.21. The van der Waals surface area contributed by atoms with Crippen LogP contribution in [0.2, 0.25) is 0 Å². The maximum atomic E-state index is 13.2. The van der Waals surface area contributed by atoms with Crippen LogP contribution in [0.15, 0.2) is 27.9 Å². The molecule has 0 atom stereocenters. The van der Waals surface area contributed by atoms with E-state index in [1.54, 1.807) is 15.7 Å². The van der Waals surface area contributed by atoms with E-state index in [-0.39, 0.29) is 23.7 Å². The predicted molar refractivity (Wildman–Crippen MR) is 123 cm³/mol. The van der Waals surface area contributed by atoms with Gasteiger partial charge in [0, 0.05) is 50.9 Å². The monoisotopic (exact) mass is 439 g/mol. The Labute approximate surface area is 185 Å². The Kier molecular flexibility index (Phi) is 6.38. The summed E-state index contributed by atoms with van der Waals surface area (Å²) in [7, 11) is 0. The molecule has 10 nitrogen and oxygen atoms in total. The lowest BCUT2D eigenvalue weighted by Gasteiger charge is -2.16. The number of amides is 1. The van der Waals surface area contributed by atoms with Gasteiger partial charge in [-0.05, 0) is 38.3 Å². The SMILES string of the molecule is CCCn1c(=O)n(CCCN2CCCC2=O)c(=O)c2[nH]c(-c3ccc(NCC)nc3)nc21. The van der Waals surface area contributed by atoms with E-state index in [4.69, 9.17) is 0 Å². The Morgan fingerprint density at radius 2 is 1.94 bits per heavy atom. The van der Waals surface area contributed by atoms with Crippen LogP contribution < -0.4 is 16.6 Å². The van der Waals surface area contributed by atoms with Crippen LogP contribution >= 0.6 is 0 Å². The van der Waals surface area contributed by atoms with E-state index >= 15 is 0 Å². The number of aromatic nitrogens is 5. The summed E-state index contributed by atoms with van der Waals surface area (Å²) in [4.78, 5) is 51.9. The van der Waals surface area contributed by atoms with Gasteiger partial charge in [-0.1, -0.05) is 6.92 Å². The number of aromatic amines is 1. The normalized spacial score (nSPS) is 13.9. The third kappa shape index (κ3) is 4.17. The minimum Gasteiger partial charge on any atom is -0.370 e. The highest BCUT2D eigenvalue weighted by molar-refractivity contribution is 5.78. The van der Waals surface area contributed by atoms with E-state index in [1.807, 2.05) is 26.0 Å². The van der Waals surface area contributed by atoms with E-state index in [0.717, 1.165) is 37.3 Å². The standard InChI is InChI=1S/C22H29N7O3/c1-3-10-28-20-18(25-19(26-20)15-8-9-16(23-4-2)24-14-15)21(31)29(22(28)32)13-6-12-27-11-5-7-17(27)30/h8-9,14H,3-7,10-13H2,1-2H3,(H,23,24)(H,25,26). The fraction of sp³-hybridized carbons (Fsp3) is 0.500. The first-order valence-corrected chi connectivity index (χ1v) is 11.2. The van der Waals surface area contributed by atoms with Gasteiger partial charge < -0.3 is 15.2 Å². The van der Waals surface area contributed by atoms with Gasteiger partial charge in [-0.15, -0.1) is 0 Å². The molecule has 0 unspecified atom stereocenters. The molecule has 1 saturated heterocycles. The summed E-state index contributed by atoms with van der Waals surface area (Å²) < 4.78 is 2.81. The summed E-state index contributed by atoms with van der Waals surface area (Å²) >= 11 is 0. The molecule has 0 aliphatic carbocycles. The fourth-order valence-corrected chi connectivity index (χ4v) is 4.11. The topological polar surface area (TPSA) is 118 Å². The number of nitrogens with one attached hydrogen (secondary N) is 2. The van der Waals surface area contributed by atoms with Crippen molar-refractivity contribution < 1.29 is 4.79 Å². The van der Waals surface area contributed by atoms with E-state index in [2.05, 4.69) is 20.3 Å². The summed E-state index contributed by atoms with van der Waals surface area (Å²) in [5, 5.41) is 3.14. The number of fused-ring (bicyclic) bond motifs is 1. The maximum Gasteiger partial charge on any atom is 0.332 e. The third-order valence-electron chi connectivity index (χ3n) is 5.68. The molecule has 0 bridgehead atoms. The Balaban J connectivity index is 1.68. The molecule has 0 spiro atoms. The van der Waals surface area contributed by atoms with Crippen LogP contribution in [0.25, 0.3) is 22.6 Å². The van der Waals surface area contributed by atoms with Gasteiger partial charge in [-0.3, -0.25) is 18.7 Å². The summed E-state index contributed by atoms with van der Waals surface area (Å²) in [6, 6.07) is 3.72. The first-order chi connectivity index (χ1) is 15.5. The summed E-state index contributed by atoms with van der Waals surface area (Å²) in [5.41, 5.74) is 0.647. The van der Waals surface area contributed by atoms with Crippen LogP contribution in [0.1, 0.15) is 39.5 Å². The highest BCUT2D eigenvalue weighted by Crippen LogP contribution is 2.19. The zero-order chi connectivity index (χ0) is 22.7. The van der Waals surface area contributed by atoms with Gasteiger partial charge in [0.05, 0.1) is 0 Å². The minimum atomic E-state index is -0.388. The number of aryl methyl sites for hydroxylation is 1. The predicted octanol–water partition coefficient (Wildman–Crippen LogP) is 1.80. The van der Waals surface area contributed by atoms with Crippen LogP contribution in [-0.4, -0.2) is 54.5 Å². The number of likely N-dealkylation sites (tertiary alicyclic amines) is 1. The molecule has 1 amide bonds. The number of hydrogen-bond acceptors (Lipinski definition) is 6. The van der Waals surface area contributed by atoms with Crippen LogP contribution in [0.3, 0.4) is 0 Å². The molecule has 2 N–H and O–H groups in total. The van der Waals surface area contributed by atoms with E-state index in [0.29, 0.717) is 42.9 Å². The van der Waals surface area contributed by atoms with Crippen molar-refractivity contribution in [1.29, 1.82) is 0 Å². The second-order valence-electron chi connectivity index (χ2n) is 7.98. The van der Waals surface area contributed by atoms with Crippen molar-refractivity contribution in [3.05, 3.63) is 39.2 Å². The number of imidazole rings is 1. The number of anilines is 1. The average molecular weight is 440 g/mol. The Morgan fingerprint density at radius 1 is 1.09 bits per heavy atom. The number of hydrogen-bond donors (Lipinski definition) is 2. The molecule has 4 heterocycles. The Bertz CT molecular complexity index is 1220. The van der Waals surface area contributed by atoms with Crippen molar-refractivity contribution >= 4 is 22.9 Å². The zero-order valence-corrected chi connectivity index (χ0v) is 18.6. The number of H-pyrrole nitrogens is 1. The quantitative estimate of drug-likeness (QED) is 0.525. The highest BCUT2D eigenvalue weighted by atomic mass is 16.2. The molecule has 0 radical (unpaired) electrons. The van der Waals surface area contributed by atoms with Crippen LogP contribution in [0.5, 0.6) is 0 Å². The van der Waals surface area contributed by atoms with Crippen molar-refractivity contribution in [2.24, 2.45) is 0 Å². The van der Waals surface area contributed by atoms with E-state index < -0.39 is 0 Å². The van der Waals surface area contributed by atoms with Gasteiger partial charge >= 0.3 is 5.69 Å². The molecule has 10 heteroatoms. The lowest BCUT2D eigenvalue weighted by atomic mass is 10.2. The summed E-state index contributed by atoms with van der Waals surface area (Å²) in [6.07, 6.45) is 4.42. The van der Waals surface area contributed by atoms with Crippen LogP contribution in [-0.2, 0) is 17.9 Å². The summed E-state index contributed by atoms with van der Waals surface area (Å²) in [6.45, 7) is 6.76. The minimum absolute atomic E-state index is 0.142. The third-order valence-corrected chi connectivity index (χ3v) is 5.68. The first kappa shape index (κ1) is 21.8. The van der Waals surface area contributed by atoms with Crippen LogP contribution in [0, 0.1) is 0 Å². The number of carbonyl (C=O) groups is 1. The van der Waals surface area contributed by atoms with Crippen molar-refractivity contribution in [3.8, 4) is 11.4 Å². The smallest absolute Gasteiger partial charge is 0.332 e. The number of carbonyl (C=O) groups excluding carboxylic acids is 1. The largest absolute Gasteiger partial charge is 0.370 e. The summed E-state index contributed by atoms with van der Waals surface area (Å²) in [5.74, 6) is 1.40. The second kappa shape index (κ2) is 9.37. The van der Waals surface area contributed by atoms with Gasteiger partial charge in [-0.25, -0.2) is 14.8 Å². The lowest BCUT2D eigenvalue weighted by molar-refractivity contribution is -0.127. The van der Waals surface area contributed by atoms with Crippen LogP contribution in [0.4, 0.5) is 5.82 Å². The fourth-order valence-electron chi connectivity index (χ4n) is 4.11. The molecule has 1 aliphatic rings. The Morgan fingerprint density at radius 3 is 2.59 bits per heavy atom. The zero-order valence-electron chi connectivity index (χ0n) is 18.6. The molecule has 4 rings (SSSR count). The van der Waals surface area contributed by atoms with Crippen molar-refractivity contribution in [2.75, 3.05) is 25.0 Å². The number of nitrogens with zero attached hydrogens (tertiary/aromatic N) is 5. The molecular formula is C22H29N7O3. The molecule has 3 aromatic rings. The second-order valence-corrected chi connectivity index (χ2v) is 7.98. The number of rotatable bonds is 9. The van der Waals surface area contributed by atoms with Gasteiger partial charge in [0.2, 0.25) is 5.91 Å². The van der Waals surface area contributed by atoms with Gasteiger partial charge in [0.15, 0.2) is 5.65 Å². The number of pyridine rings is 1. The molecular weight excluding hydrogens is 410 g/mol. The molecule has 1 fully saturated rings. The van der Waals surface area contributed by atoms with Crippen molar-refractivity contribution in [3.63, 3.8) is 0 Å². The lowest BCUT2D eigenvalue weighted by Crippen LogP contribution is -2.41. The average Bonchev–Trinajstić information content (AvgIpc) is 3.41. The Hall–Kier alpha value is -3.43. The molecule has 0 aromatic carbocycles. The molecule has 170 valence electrons.